The second-order valence-electron chi connectivity index (χ2n) is 6.36. The quantitative estimate of drug-likeness (QED) is 0.747. The van der Waals surface area contributed by atoms with Crippen molar-refractivity contribution in [2.75, 3.05) is 40.9 Å². The summed E-state index contributed by atoms with van der Waals surface area (Å²) in [5, 5.41) is 10.2. The fraction of sp³-hybridized carbons (Fsp3) is 0.929. The zero-order valence-electron chi connectivity index (χ0n) is 13.8. The second-order valence-corrected chi connectivity index (χ2v) is 6.36. The molecule has 0 unspecified atom stereocenters. The van der Waals surface area contributed by atoms with Crippen LogP contribution in [-0.4, -0.2) is 85.9 Å². The van der Waals surface area contributed by atoms with E-state index in [4.69, 9.17) is 14.2 Å². The Morgan fingerprint density at radius 3 is 2.38 bits per heavy atom. The third-order valence-electron chi connectivity index (χ3n) is 3.44. The normalized spacial score (nSPS) is 23.2. The van der Waals surface area contributed by atoms with Crippen LogP contribution in [0.2, 0.25) is 0 Å². The molecule has 1 heterocycles. The van der Waals surface area contributed by atoms with Gasteiger partial charge in [-0.05, 0) is 27.8 Å². The lowest BCUT2D eigenvalue weighted by Crippen LogP contribution is -2.45. The van der Waals surface area contributed by atoms with Gasteiger partial charge in [-0.1, -0.05) is 0 Å². The first-order chi connectivity index (χ1) is 9.67. The predicted molar refractivity (Wildman–Crippen MR) is 78.0 cm³/mol. The number of likely N-dealkylation sites (tertiary alicyclic amines) is 1. The highest BCUT2D eigenvalue weighted by Crippen LogP contribution is 2.19. The fourth-order valence-electron chi connectivity index (χ4n) is 2.29. The van der Waals surface area contributed by atoms with E-state index in [-0.39, 0.29) is 18.9 Å². The van der Waals surface area contributed by atoms with Crippen molar-refractivity contribution in [1.29, 1.82) is 0 Å². The number of methoxy groups -OCH3 is 2. The maximum Gasteiger partial charge on any atom is 0.410 e. The molecule has 7 nitrogen and oxygen atoms in total. The highest BCUT2D eigenvalue weighted by atomic mass is 16.7. The van der Waals surface area contributed by atoms with E-state index in [1.54, 1.807) is 14.2 Å². The maximum absolute atomic E-state index is 12.0. The van der Waals surface area contributed by atoms with Gasteiger partial charge in [-0.3, -0.25) is 4.90 Å². The smallest absolute Gasteiger partial charge is 0.410 e. The molecule has 1 saturated heterocycles. The summed E-state index contributed by atoms with van der Waals surface area (Å²) in [4.78, 5) is 15.5. The number of ether oxygens (including phenoxy) is 3. The number of hydrogen-bond donors (Lipinski definition) is 1. The largest absolute Gasteiger partial charge is 0.444 e. The first-order valence-electron chi connectivity index (χ1n) is 7.09. The van der Waals surface area contributed by atoms with E-state index in [1.165, 1.54) is 4.90 Å². The summed E-state index contributed by atoms with van der Waals surface area (Å²) in [6.45, 7) is 6.67. The van der Waals surface area contributed by atoms with Crippen LogP contribution >= 0.6 is 0 Å². The molecule has 1 aliphatic heterocycles. The number of aliphatic hydroxyl groups excluding tert-OH is 1. The molecule has 1 rings (SSSR count). The molecular formula is C14H28N2O5. The van der Waals surface area contributed by atoms with Gasteiger partial charge >= 0.3 is 6.09 Å². The van der Waals surface area contributed by atoms with Gasteiger partial charge in [0.2, 0.25) is 0 Å². The SMILES string of the molecule is COC(CN(C)[C@@H]1CN(C(=O)OC(C)(C)C)C[C@H]1O)OC. The molecule has 21 heavy (non-hydrogen) atoms. The van der Waals surface area contributed by atoms with Gasteiger partial charge in [0.1, 0.15) is 5.60 Å². The Bertz CT molecular complexity index is 341. The monoisotopic (exact) mass is 304 g/mol. The average molecular weight is 304 g/mol. The van der Waals surface area contributed by atoms with E-state index in [0.717, 1.165) is 0 Å². The first-order valence-corrected chi connectivity index (χ1v) is 7.09. The van der Waals surface area contributed by atoms with E-state index in [9.17, 15) is 9.90 Å². The molecule has 1 fully saturated rings. The van der Waals surface area contributed by atoms with E-state index in [1.807, 2.05) is 32.7 Å². The van der Waals surface area contributed by atoms with Crippen LogP contribution in [0.15, 0.2) is 0 Å². The second kappa shape index (κ2) is 7.40. The molecule has 124 valence electrons. The Morgan fingerprint density at radius 1 is 1.33 bits per heavy atom. The van der Waals surface area contributed by atoms with Crippen LogP contribution in [-0.2, 0) is 14.2 Å². The van der Waals surface area contributed by atoms with E-state index in [0.29, 0.717) is 13.1 Å². The third-order valence-corrected chi connectivity index (χ3v) is 3.44. The number of β-amino-alcohol motifs (C(OH)–C–C–N with tert-alkyl or cyclic N) is 1. The van der Waals surface area contributed by atoms with E-state index < -0.39 is 17.8 Å². The number of likely N-dealkylation sites (N-methyl/N-ethyl adjacent to an activating group) is 1. The van der Waals surface area contributed by atoms with Crippen LogP contribution < -0.4 is 0 Å². The number of carbonyl (C=O) groups excluding carboxylic acids is 1. The van der Waals surface area contributed by atoms with Gasteiger partial charge in [0, 0.05) is 27.3 Å². The molecule has 0 saturated carbocycles. The van der Waals surface area contributed by atoms with Gasteiger partial charge in [0.15, 0.2) is 6.29 Å². The number of amides is 1. The van der Waals surface area contributed by atoms with Crippen LogP contribution in [0.3, 0.4) is 0 Å². The average Bonchev–Trinajstić information content (AvgIpc) is 2.76. The summed E-state index contributed by atoms with van der Waals surface area (Å²) < 4.78 is 15.6. The van der Waals surface area contributed by atoms with Crippen LogP contribution in [0, 0.1) is 0 Å². The summed E-state index contributed by atoms with van der Waals surface area (Å²) in [7, 11) is 5.01. The molecule has 0 aromatic carbocycles. The lowest BCUT2D eigenvalue weighted by molar-refractivity contribution is -0.119. The van der Waals surface area contributed by atoms with Gasteiger partial charge < -0.3 is 24.2 Å². The molecule has 2 atom stereocenters. The maximum atomic E-state index is 12.0. The van der Waals surface area contributed by atoms with Gasteiger partial charge in [0.05, 0.1) is 18.7 Å². The van der Waals surface area contributed by atoms with Crippen LogP contribution in [0.4, 0.5) is 4.79 Å². The number of nitrogens with zero attached hydrogens (tertiary/aromatic N) is 2. The molecule has 0 spiro atoms. The van der Waals surface area contributed by atoms with Gasteiger partial charge in [-0.15, -0.1) is 0 Å². The topological polar surface area (TPSA) is 71.5 Å². The fourth-order valence-corrected chi connectivity index (χ4v) is 2.29. The Kier molecular flexibility index (Phi) is 6.40. The Labute approximate surface area is 126 Å². The van der Waals surface area contributed by atoms with Crippen molar-refractivity contribution in [3.63, 3.8) is 0 Å². The first kappa shape index (κ1) is 18.2. The van der Waals surface area contributed by atoms with Crippen molar-refractivity contribution >= 4 is 6.09 Å². The molecule has 0 aromatic heterocycles. The van der Waals surface area contributed by atoms with Gasteiger partial charge in [-0.2, -0.15) is 0 Å². The highest BCUT2D eigenvalue weighted by molar-refractivity contribution is 5.68. The zero-order valence-corrected chi connectivity index (χ0v) is 13.8. The van der Waals surface area contributed by atoms with E-state index in [2.05, 4.69) is 0 Å². The van der Waals surface area contributed by atoms with Crippen LogP contribution in [0.25, 0.3) is 0 Å². The summed E-state index contributed by atoms with van der Waals surface area (Å²) in [6.07, 6.45) is -1.37. The number of rotatable bonds is 5. The Hall–Kier alpha value is -0.890. The minimum absolute atomic E-state index is 0.162. The highest BCUT2D eigenvalue weighted by Gasteiger charge is 2.38. The van der Waals surface area contributed by atoms with E-state index >= 15 is 0 Å². The van der Waals surface area contributed by atoms with Crippen molar-refractivity contribution in [3.05, 3.63) is 0 Å². The molecule has 0 aliphatic carbocycles. The molecular weight excluding hydrogens is 276 g/mol. The summed E-state index contributed by atoms with van der Waals surface area (Å²) in [5.41, 5.74) is -0.538. The van der Waals surface area contributed by atoms with Crippen LogP contribution in [0.1, 0.15) is 20.8 Å². The van der Waals surface area contributed by atoms with Crippen molar-refractivity contribution in [2.24, 2.45) is 0 Å². The molecule has 0 bridgehead atoms. The van der Waals surface area contributed by atoms with Crippen LogP contribution in [0.5, 0.6) is 0 Å². The van der Waals surface area contributed by atoms with Gasteiger partial charge in [-0.25, -0.2) is 4.79 Å². The Balaban J connectivity index is 2.57. The number of hydrogen-bond acceptors (Lipinski definition) is 6. The zero-order chi connectivity index (χ0) is 16.2. The number of aliphatic hydroxyl groups is 1. The molecule has 1 N–H and O–H groups in total. The van der Waals surface area contributed by atoms with Gasteiger partial charge in [0.25, 0.3) is 0 Å². The third kappa shape index (κ3) is 5.43. The molecule has 0 radical (unpaired) electrons. The van der Waals surface area contributed by atoms with Crippen molar-refractivity contribution in [3.8, 4) is 0 Å². The predicted octanol–water partition coefficient (Wildman–Crippen LogP) is 0.517. The molecule has 7 heteroatoms. The molecule has 1 amide bonds. The summed E-state index contributed by atoms with van der Waals surface area (Å²) >= 11 is 0. The standard InChI is InChI=1S/C14H28N2O5/c1-14(2,3)21-13(18)16-7-10(11(17)8-16)15(4)9-12(19-5)20-6/h10-12,17H,7-9H2,1-6H3/t10-,11-/m1/s1. The summed E-state index contributed by atoms with van der Waals surface area (Å²) in [5.74, 6) is 0. The minimum atomic E-state index is -0.614. The van der Waals surface area contributed by atoms with Crippen molar-refractivity contribution in [1.82, 2.24) is 9.80 Å². The lowest BCUT2D eigenvalue weighted by Gasteiger charge is -2.29. The Morgan fingerprint density at radius 2 is 1.90 bits per heavy atom. The number of carbonyl (C=O) groups is 1. The molecule has 0 aromatic rings. The molecule has 1 aliphatic rings. The minimum Gasteiger partial charge on any atom is -0.444 e. The van der Waals surface area contributed by atoms with Crippen molar-refractivity contribution < 1.29 is 24.1 Å². The van der Waals surface area contributed by atoms with Crippen molar-refractivity contribution in [2.45, 2.75) is 44.8 Å². The lowest BCUT2D eigenvalue weighted by atomic mass is 10.2. The summed E-state index contributed by atoms with van der Waals surface area (Å²) in [6, 6.07) is -0.162.